The molecule has 0 spiro atoms. The van der Waals surface area contributed by atoms with Gasteiger partial charge < -0.3 is 29.3 Å². The van der Waals surface area contributed by atoms with Crippen LogP contribution in [0.2, 0.25) is 0 Å². The predicted octanol–water partition coefficient (Wildman–Crippen LogP) is 2.51. The predicted molar refractivity (Wildman–Crippen MR) is 134 cm³/mol. The zero-order chi connectivity index (χ0) is 24.8. The van der Waals surface area contributed by atoms with E-state index in [0.717, 1.165) is 62.3 Å². The van der Waals surface area contributed by atoms with E-state index in [9.17, 15) is 9.59 Å². The van der Waals surface area contributed by atoms with Crippen molar-refractivity contribution in [3.63, 3.8) is 0 Å². The maximum atomic E-state index is 12.6. The summed E-state index contributed by atoms with van der Waals surface area (Å²) in [6, 6.07) is 0.193. The molecule has 192 valence electrons. The van der Waals surface area contributed by atoms with Crippen molar-refractivity contribution >= 4 is 23.4 Å². The Morgan fingerprint density at radius 2 is 1.94 bits per heavy atom. The Hall–Kier alpha value is -2.13. The molecule has 2 saturated heterocycles. The van der Waals surface area contributed by atoms with E-state index in [-0.39, 0.29) is 42.0 Å². The molecule has 0 saturated carbocycles. The molecule has 4 rings (SSSR count). The Morgan fingerprint density at radius 3 is 2.69 bits per heavy atom. The van der Waals surface area contributed by atoms with E-state index in [1.54, 1.807) is 14.2 Å². The van der Waals surface area contributed by atoms with Crippen molar-refractivity contribution in [2.75, 3.05) is 47.0 Å². The number of morpholine rings is 1. The molecule has 9 heteroatoms. The molecule has 3 atom stereocenters. The Bertz CT molecular complexity index is 907. The number of carbonyl (C=O) groups is 2. The normalized spacial score (nSPS) is 27.5. The monoisotopic (exact) mass is 505 g/mol. The van der Waals surface area contributed by atoms with E-state index in [1.807, 2.05) is 35.3 Å². The van der Waals surface area contributed by atoms with E-state index in [0.29, 0.717) is 13.0 Å². The number of alkyl halides is 1. The zero-order valence-corrected chi connectivity index (χ0v) is 21.3. The van der Waals surface area contributed by atoms with Gasteiger partial charge in [-0.05, 0) is 56.0 Å². The van der Waals surface area contributed by atoms with Gasteiger partial charge in [-0.1, -0.05) is 12.2 Å². The molecule has 0 aromatic rings. The van der Waals surface area contributed by atoms with Crippen molar-refractivity contribution in [1.29, 1.82) is 0 Å². The molecule has 35 heavy (non-hydrogen) atoms. The molecule has 0 radical (unpaired) electrons. The third-order valence-electron chi connectivity index (χ3n) is 6.98. The van der Waals surface area contributed by atoms with Crippen LogP contribution in [-0.4, -0.2) is 92.2 Å². The lowest BCUT2D eigenvalue weighted by Crippen LogP contribution is -2.46. The Kier molecular flexibility index (Phi) is 9.05. The van der Waals surface area contributed by atoms with Crippen molar-refractivity contribution in [2.24, 2.45) is 0 Å². The van der Waals surface area contributed by atoms with Gasteiger partial charge in [0.25, 0.3) is 5.91 Å². The number of hydrogen-bond donors (Lipinski definition) is 1. The van der Waals surface area contributed by atoms with Crippen LogP contribution < -0.4 is 5.32 Å². The fraction of sp³-hybridized carbons (Fsp3) is 0.615. The van der Waals surface area contributed by atoms with E-state index in [1.165, 1.54) is 0 Å². The molecule has 0 aromatic carbocycles. The largest absolute Gasteiger partial charge is 0.482 e. The van der Waals surface area contributed by atoms with Gasteiger partial charge in [-0.25, -0.2) is 0 Å². The van der Waals surface area contributed by atoms with Gasteiger partial charge in [0.05, 0.1) is 17.5 Å². The highest BCUT2D eigenvalue weighted by atomic mass is 35.5. The average Bonchev–Trinajstić information content (AvgIpc) is 2.86. The van der Waals surface area contributed by atoms with Crippen molar-refractivity contribution in [2.45, 2.75) is 55.7 Å². The number of rotatable bonds is 9. The van der Waals surface area contributed by atoms with Crippen LogP contribution in [0.3, 0.4) is 0 Å². The number of hydrogen-bond acceptors (Lipinski definition) is 6. The lowest BCUT2D eigenvalue weighted by Gasteiger charge is -2.35. The van der Waals surface area contributed by atoms with Crippen LogP contribution >= 0.6 is 11.6 Å². The number of nitrogens with zero attached hydrogens (tertiary/aromatic N) is 2. The van der Waals surface area contributed by atoms with Gasteiger partial charge in [0.2, 0.25) is 5.91 Å². The maximum absolute atomic E-state index is 12.6. The summed E-state index contributed by atoms with van der Waals surface area (Å²) >= 11 is 6.26. The van der Waals surface area contributed by atoms with Crippen molar-refractivity contribution < 1.29 is 23.8 Å². The lowest BCUT2D eigenvalue weighted by atomic mass is 9.99. The van der Waals surface area contributed by atoms with E-state index in [4.69, 9.17) is 25.8 Å². The highest BCUT2D eigenvalue weighted by Crippen LogP contribution is 2.29. The van der Waals surface area contributed by atoms with Gasteiger partial charge in [-0.3, -0.25) is 9.59 Å². The van der Waals surface area contributed by atoms with Gasteiger partial charge in [0.1, 0.15) is 18.0 Å². The number of carbonyl (C=O) groups excluding carboxylic acids is 2. The Balaban J connectivity index is 1.17. The molecule has 0 bridgehead atoms. The highest BCUT2D eigenvalue weighted by molar-refractivity contribution is 6.22. The first-order valence-corrected chi connectivity index (χ1v) is 12.9. The van der Waals surface area contributed by atoms with Gasteiger partial charge >= 0.3 is 0 Å². The third kappa shape index (κ3) is 6.76. The van der Waals surface area contributed by atoms with Crippen LogP contribution in [0.4, 0.5) is 0 Å². The molecule has 2 heterocycles. The minimum absolute atomic E-state index is 0.0157. The smallest absolute Gasteiger partial charge is 0.265 e. The highest BCUT2D eigenvalue weighted by Gasteiger charge is 2.30. The van der Waals surface area contributed by atoms with Crippen LogP contribution in [0.1, 0.15) is 32.1 Å². The van der Waals surface area contributed by atoms with E-state index in [2.05, 4.69) is 10.2 Å². The van der Waals surface area contributed by atoms with Crippen LogP contribution in [0, 0.1) is 0 Å². The molecular weight excluding hydrogens is 470 g/mol. The summed E-state index contributed by atoms with van der Waals surface area (Å²) in [4.78, 5) is 29.2. The second-order valence-corrected chi connectivity index (χ2v) is 9.98. The number of piperidine rings is 1. The first-order chi connectivity index (χ1) is 17.0. The number of allylic oxidation sites excluding steroid dienone is 3. The van der Waals surface area contributed by atoms with Gasteiger partial charge in [0, 0.05) is 39.9 Å². The van der Waals surface area contributed by atoms with Crippen LogP contribution in [0.15, 0.2) is 47.4 Å². The zero-order valence-electron chi connectivity index (χ0n) is 20.6. The summed E-state index contributed by atoms with van der Waals surface area (Å²) in [6.07, 6.45) is 13.3. The standard InChI is InChI=1S/C26H36ClN3O5/c1-33-23-6-4-18(14-24(23)34-2)15-25(31)28-20-8-12-29(13-9-20)10-3-11-30-21-16-19(27)5-7-22(21)35-17-26(30)32/h4,6-7,14,16,19-20,23-24H,3,5,8-13,15,17H2,1-2H3,(H,28,31). The summed E-state index contributed by atoms with van der Waals surface area (Å²) in [5, 5.41) is 3.09. The number of ether oxygens (including phenoxy) is 3. The first kappa shape index (κ1) is 25.9. The number of halogens is 1. The molecule has 0 aromatic heterocycles. The van der Waals surface area contributed by atoms with Crippen LogP contribution in [0.5, 0.6) is 0 Å². The summed E-state index contributed by atoms with van der Waals surface area (Å²) in [5.41, 5.74) is 1.76. The van der Waals surface area contributed by atoms with E-state index < -0.39 is 0 Å². The van der Waals surface area contributed by atoms with E-state index >= 15 is 0 Å². The number of nitrogens with one attached hydrogen (secondary N) is 1. The number of methoxy groups -OCH3 is 2. The third-order valence-corrected chi connectivity index (χ3v) is 7.29. The summed E-state index contributed by atoms with van der Waals surface area (Å²) in [6.45, 7) is 3.53. The number of likely N-dealkylation sites (tertiary alicyclic amines) is 1. The van der Waals surface area contributed by atoms with Crippen LogP contribution in [0.25, 0.3) is 0 Å². The molecule has 2 amide bonds. The summed E-state index contributed by atoms with van der Waals surface area (Å²) in [5.74, 6) is 0.796. The molecule has 2 aliphatic carbocycles. The van der Waals surface area contributed by atoms with Gasteiger partial charge in [-0.15, -0.1) is 11.6 Å². The Morgan fingerprint density at radius 1 is 1.17 bits per heavy atom. The summed E-state index contributed by atoms with van der Waals surface area (Å²) < 4.78 is 16.4. The molecule has 1 N–H and O–H groups in total. The van der Waals surface area contributed by atoms with Crippen molar-refractivity contribution in [1.82, 2.24) is 15.1 Å². The molecule has 3 unspecified atom stereocenters. The fourth-order valence-electron chi connectivity index (χ4n) is 5.04. The van der Waals surface area contributed by atoms with Crippen LogP contribution in [-0.2, 0) is 23.8 Å². The number of fused-ring (bicyclic) bond motifs is 1. The molecule has 2 aliphatic heterocycles. The molecule has 8 nitrogen and oxygen atoms in total. The molecular formula is C26H36ClN3O5. The average molecular weight is 506 g/mol. The molecule has 2 fully saturated rings. The quantitative estimate of drug-likeness (QED) is 0.485. The topological polar surface area (TPSA) is 80.3 Å². The van der Waals surface area contributed by atoms with Gasteiger partial charge in [-0.2, -0.15) is 0 Å². The second-order valence-electron chi connectivity index (χ2n) is 9.42. The van der Waals surface area contributed by atoms with Crippen molar-refractivity contribution in [3.8, 4) is 0 Å². The number of amides is 2. The lowest BCUT2D eigenvalue weighted by molar-refractivity contribution is -0.136. The Labute approximate surface area is 212 Å². The molecule has 4 aliphatic rings. The fourth-order valence-corrected chi connectivity index (χ4v) is 5.25. The minimum atomic E-state index is -0.169. The van der Waals surface area contributed by atoms with Gasteiger partial charge in [0.15, 0.2) is 6.61 Å². The first-order valence-electron chi connectivity index (χ1n) is 12.4. The SMILES string of the molecule is COC1C=CC(CC(=O)NC2CCN(CCCN3C(=O)COC4=CCC(Cl)C=C43)CC2)=CC1OC. The van der Waals surface area contributed by atoms with Crippen molar-refractivity contribution in [3.05, 3.63) is 47.4 Å². The second kappa shape index (κ2) is 12.2. The maximum Gasteiger partial charge on any atom is 0.265 e. The summed E-state index contributed by atoms with van der Waals surface area (Å²) in [7, 11) is 3.30. The minimum Gasteiger partial charge on any atom is -0.482 e.